The van der Waals surface area contributed by atoms with Crippen molar-refractivity contribution in [2.24, 2.45) is 0 Å². The lowest BCUT2D eigenvalue weighted by Crippen LogP contribution is -2.42. The zero-order valence-corrected chi connectivity index (χ0v) is 23.7. The molecule has 6 nitrogen and oxygen atoms in total. The van der Waals surface area contributed by atoms with E-state index in [4.69, 9.17) is 0 Å². The van der Waals surface area contributed by atoms with Crippen molar-refractivity contribution < 1.29 is 45.7 Å². The van der Waals surface area contributed by atoms with Gasteiger partial charge in [-0.15, -0.1) is 0 Å². The Morgan fingerprint density at radius 2 is 1.58 bits per heavy atom. The lowest BCUT2D eigenvalue weighted by atomic mass is 9.81. The molecule has 1 fully saturated rings. The Bertz CT molecular complexity index is 1490. The van der Waals surface area contributed by atoms with E-state index < -0.39 is 58.3 Å². The van der Waals surface area contributed by atoms with Crippen LogP contribution in [0, 0.1) is 12.7 Å². The van der Waals surface area contributed by atoms with E-state index >= 15 is 0 Å². The number of nitrogens with zero attached hydrogens (tertiary/aromatic N) is 3. The van der Waals surface area contributed by atoms with E-state index in [0.29, 0.717) is 42.0 Å². The molecule has 1 saturated heterocycles. The summed E-state index contributed by atoms with van der Waals surface area (Å²) in [6, 6.07) is 6.20. The third kappa shape index (κ3) is 6.19. The molecule has 0 spiro atoms. The van der Waals surface area contributed by atoms with Crippen LogP contribution in [0.2, 0.25) is 0 Å². The van der Waals surface area contributed by atoms with Gasteiger partial charge in [0.15, 0.2) is 0 Å². The highest BCUT2D eigenvalue weighted by Gasteiger charge is 2.41. The summed E-state index contributed by atoms with van der Waals surface area (Å²) in [4.78, 5) is 21.0. The molecular weight excluding hydrogens is 583 g/mol. The first kappa shape index (κ1) is 32.2. The summed E-state index contributed by atoms with van der Waals surface area (Å²) in [5, 5.41) is 20.1. The number of carbonyl (C=O) groups is 1. The minimum absolute atomic E-state index is 0.00379. The summed E-state index contributed by atoms with van der Waals surface area (Å²) in [7, 11) is 1.30. The van der Waals surface area contributed by atoms with Crippen LogP contribution in [-0.4, -0.2) is 53.4 Å². The molecular formula is C30H30F7N3O3. The first-order chi connectivity index (χ1) is 19.9. The Hall–Kier alpha value is -3.71. The highest BCUT2D eigenvalue weighted by Crippen LogP contribution is 2.42. The van der Waals surface area contributed by atoms with Crippen LogP contribution in [0.5, 0.6) is 0 Å². The summed E-state index contributed by atoms with van der Waals surface area (Å²) in [5.74, 6) is -1.09. The predicted molar refractivity (Wildman–Crippen MR) is 146 cm³/mol. The highest BCUT2D eigenvalue weighted by atomic mass is 19.4. The van der Waals surface area contributed by atoms with Gasteiger partial charge in [0.25, 0.3) is 0 Å². The molecule has 43 heavy (non-hydrogen) atoms. The number of amides is 1. The molecule has 2 N–H and O–H groups in total. The number of likely N-dealkylation sites (N-methyl/N-ethyl adjacent to an activating group) is 1. The van der Waals surface area contributed by atoms with Gasteiger partial charge in [-0.25, -0.2) is 9.37 Å². The molecule has 2 atom stereocenters. The lowest BCUT2D eigenvalue weighted by molar-refractivity contribution is -0.143. The molecule has 3 aromatic rings. The maximum absolute atomic E-state index is 14.6. The minimum atomic E-state index is -5.10. The van der Waals surface area contributed by atoms with E-state index in [0.717, 1.165) is 4.90 Å². The molecule has 1 aliphatic rings. The Morgan fingerprint density at radius 3 is 2.14 bits per heavy atom. The number of hydrogen-bond acceptors (Lipinski definition) is 5. The van der Waals surface area contributed by atoms with Crippen molar-refractivity contribution in [2.75, 3.05) is 30.0 Å². The molecule has 1 amide bonds. The van der Waals surface area contributed by atoms with Crippen LogP contribution in [0.3, 0.4) is 0 Å². The van der Waals surface area contributed by atoms with Crippen molar-refractivity contribution in [3.63, 3.8) is 0 Å². The highest BCUT2D eigenvalue weighted by molar-refractivity contribution is 6.03. The first-order valence-corrected chi connectivity index (χ1v) is 13.3. The number of halogens is 7. The van der Waals surface area contributed by atoms with Crippen molar-refractivity contribution in [3.8, 4) is 11.1 Å². The third-order valence-electron chi connectivity index (χ3n) is 7.93. The van der Waals surface area contributed by atoms with Crippen LogP contribution < -0.4 is 9.80 Å². The molecule has 0 saturated carbocycles. The Labute approximate surface area is 243 Å². The van der Waals surface area contributed by atoms with Gasteiger partial charge in [0.2, 0.25) is 5.91 Å². The fourth-order valence-electron chi connectivity index (χ4n) is 5.29. The molecule has 0 radical (unpaired) electrons. The standard InChI is InChI=1S/C30H30F7N3O3/c1-16-20(6-5-7-22(16)31)21-13-26(40-9-8-25(42)24(40)15-41)38-14-23(21)39(4)27(43)28(2,3)17-10-18(29(32,33)34)12-19(11-17)30(35,36)37/h5-7,10-14,24-25,41-42H,8-9,15H2,1-4H3. The summed E-state index contributed by atoms with van der Waals surface area (Å²) < 4.78 is 96.0. The summed E-state index contributed by atoms with van der Waals surface area (Å²) in [6.45, 7) is 3.92. The molecule has 2 aromatic carbocycles. The average molecular weight is 614 g/mol. The van der Waals surface area contributed by atoms with Crippen LogP contribution in [-0.2, 0) is 22.6 Å². The Morgan fingerprint density at radius 1 is 1.00 bits per heavy atom. The van der Waals surface area contributed by atoms with Gasteiger partial charge in [0.05, 0.1) is 47.2 Å². The van der Waals surface area contributed by atoms with Gasteiger partial charge in [-0.05, 0) is 74.2 Å². The van der Waals surface area contributed by atoms with Crippen LogP contribution in [0.1, 0.15) is 42.5 Å². The van der Waals surface area contributed by atoms with Gasteiger partial charge in [0, 0.05) is 19.2 Å². The second-order valence-corrected chi connectivity index (χ2v) is 11.1. The van der Waals surface area contributed by atoms with E-state index in [2.05, 4.69) is 4.98 Å². The minimum Gasteiger partial charge on any atom is -0.394 e. The van der Waals surface area contributed by atoms with E-state index in [9.17, 15) is 45.7 Å². The van der Waals surface area contributed by atoms with Gasteiger partial charge < -0.3 is 20.0 Å². The van der Waals surface area contributed by atoms with E-state index in [1.807, 2.05) is 0 Å². The van der Waals surface area contributed by atoms with Crippen molar-refractivity contribution >= 4 is 17.4 Å². The second-order valence-electron chi connectivity index (χ2n) is 11.1. The lowest BCUT2D eigenvalue weighted by Gasteiger charge is -2.32. The molecule has 0 aliphatic carbocycles. The quantitative estimate of drug-likeness (QED) is 0.329. The molecule has 1 aromatic heterocycles. The summed E-state index contributed by atoms with van der Waals surface area (Å²) in [5.41, 5.74) is -4.50. The number of aromatic nitrogens is 1. The van der Waals surface area contributed by atoms with Crippen LogP contribution in [0.4, 0.5) is 42.2 Å². The van der Waals surface area contributed by atoms with E-state index in [1.165, 1.54) is 46.1 Å². The van der Waals surface area contributed by atoms with Gasteiger partial charge in [-0.3, -0.25) is 4.79 Å². The number of pyridine rings is 1. The van der Waals surface area contributed by atoms with E-state index in [-0.39, 0.29) is 23.9 Å². The van der Waals surface area contributed by atoms with Crippen LogP contribution >= 0.6 is 0 Å². The molecule has 0 bridgehead atoms. The van der Waals surface area contributed by atoms with Gasteiger partial charge in [-0.2, -0.15) is 26.3 Å². The fourth-order valence-corrected chi connectivity index (χ4v) is 5.29. The number of anilines is 2. The molecule has 232 valence electrons. The Kier molecular flexibility index (Phi) is 8.55. The molecule has 2 unspecified atom stereocenters. The number of hydrogen-bond donors (Lipinski definition) is 2. The number of carbonyl (C=O) groups excluding carboxylic acids is 1. The summed E-state index contributed by atoms with van der Waals surface area (Å²) >= 11 is 0. The topological polar surface area (TPSA) is 76.9 Å². The van der Waals surface area contributed by atoms with Gasteiger partial charge in [0.1, 0.15) is 11.6 Å². The Balaban J connectivity index is 1.85. The predicted octanol–water partition coefficient (Wildman–Crippen LogP) is 6.11. The first-order valence-electron chi connectivity index (χ1n) is 13.3. The average Bonchev–Trinajstić information content (AvgIpc) is 3.32. The van der Waals surface area contributed by atoms with Gasteiger partial charge >= 0.3 is 12.4 Å². The zero-order chi connectivity index (χ0) is 32.1. The summed E-state index contributed by atoms with van der Waals surface area (Å²) in [6.07, 6.45) is -9.39. The number of aliphatic hydroxyl groups is 2. The second kappa shape index (κ2) is 11.4. The molecule has 2 heterocycles. The van der Waals surface area contributed by atoms with Crippen LogP contribution in [0.25, 0.3) is 11.1 Å². The number of rotatable bonds is 6. The van der Waals surface area contributed by atoms with Crippen molar-refractivity contribution in [1.29, 1.82) is 0 Å². The maximum Gasteiger partial charge on any atom is 0.416 e. The smallest absolute Gasteiger partial charge is 0.394 e. The number of benzene rings is 2. The number of alkyl halides is 6. The van der Waals surface area contributed by atoms with Gasteiger partial charge in [-0.1, -0.05) is 12.1 Å². The monoisotopic (exact) mass is 613 g/mol. The SMILES string of the molecule is Cc1c(F)cccc1-c1cc(N2CCC(O)C2CO)ncc1N(C)C(=O)C(C)(C)c1cc(C(F)(F)F)cc(C(F)(F)F)c1. The normalized spacial score (nSPS) is 17.8. The fraction of sp³-hybridized carbons (Fsp3) is 0.400. The molecule has 13 heteroatoms. The van der Waals surface area contributed by atoms with Crippen molar-refractivity contribution in [3.05, 3.63) is 76.7 Å². The van der Waals surface area contributed by atoms with Crippen LogP contribution in [0.15, 0.2) is 48.7 Å². The third-order valence-corrected chi connectivity index (χ3v) is 7.93. The molecule has 1 aliphatic heterocycles. The largest absolute Gasteiger partial charge is 0.416 e. The van der Waals surface area contributed by atoms with Crippen molar-refractivity contribution in [2.45, 2.75) is 57.1 Å². The van der Waals surface area contributed by atoms with E-state index in [1.54, 1.807) is 17.0 Å². The zero-order valence-electron chi connectivity index (χ0n) is 23.7. The maximum atomic E-state index is 14.6. The molecule has 4 rings (SSSR count). The van der Waals surface area contributed by atoms with Crippen molar-refractivity contribution in [1.82, 2.24) is 4.98 Å². The number of aliphatic hydroxyl groups excluding tert-OH is 2.